The number of fused-ring (bicyclic) bond motifs is 4. The molecule has 0 radical (unpaired) electrons. The molecule has 3 aliphatic rings. The van der Waals surface area contributed by atoms with E-state index in [1.807, 2.05) is 25.1 Å². The fraction of sp³-hybridized carbons (Fsp3) is 0.577. The second-order valence-electron chi connectivity index (χ2n) is 10.2. The Morgan fingerprint density at radius 2 is 1.82 bits per heavy atom. The summed E-state index contributed by atoms with van der Waals surface area (Å²) in [5.41, 5.74) is 1.46. The first kappa shape index (κ1) is 25.0. The van der Waals surface area contributed by atoms with Crippen LogP contribution in [0.15, 0.2) is 22.7 Å². The van der Waals surface area contributed by atoms with Crippen LogP contribution in [-0.2, 0) is 11.2 Å². The highest BCUT2D eigenvalue weighted by Gasteiger charge is 2.53. The van der Waals surface area contributed by atoms with Gasteiger partial charge in [0.25, 0.3) is 5.91 Å². The summed E-state index contributed by atoms with van der Waals surface area (Å²) < 4.78 is 28.2. The molecule has 2 atom stereocenters. The summed E-state index contributed by atoms with van der Waals surface area (Å²) in [5, 5.41) is 13.6. The van der Waals surface area contributed by atoms with Crippen LogP contribution in [0.4, 0.5) is 8.78 Å². The predicted molar refractivity (Wildman–Crippen MR) is 131 cm³/mol. The number of alkyl halides is 2. The van der Waals surface area contributed by atoms with E-state index < -0.39 is 29.3 Å². The first-order valence-electron chi connectivity index (χ1n) is 12.0. The van der Waals surface area contributed by atoms with E-state index in [2.05, 4.69) is 21.2 Å². The summed E-state index contributed by atoms with van der Waals surface area (Å²) in [6.45, 7) is 3.18. The van der Waals surface area contributed by atoms with Crippen molar-refractivity contribution in [2.45, 2.75) is 89.5 Å². The number of aryl methyl sites for hydroxylation is 1. The molecule has 5 nitrogen and oxygen atoms in total. The van der Waals surface area contributed by atoms with Crippen molar-refractivity contribution in [2.75, 3.05) is 0 Å². The SMILES string of the molecule is Cc1c(CCC(F)CC(C)F)nc2ccc(Br)cc2c1C(=O)NC12CCC(C(=O)O)(CC1)CC2. The van der Waals surface area contributed by atoms with Crippen molar-refractivity contribution in [1.29, 1.82) is 0 Å². The van der Waals surface area contributed by atoms with Crippen molar-refractivity contribution >= 4 is 38.7 Å². The maximum absolute atomic E-state index is 14.2. The van der Waals surface area contributed by atoms with E-state index >= 15 is 0 Å². The van der Waals surface area contributed by atoms with Gasteiger partial charge in [0, 0.05) is 27.5 Å². The lowest BCUT2D eigenvalue weighted by molar-refractivity contribution is -0.156. The van der Waals surface area contributed by atoms with Crippen LogP contribution in [0.1, 0.15) is 79.9 Å². The van der Waals surface area contributed by atoms with E-state index in [1.165, 1.54) is 6.92 Å². The number of rotatable bonds is 8. The molecule has 5 rings (SSSR count). The molecular formula is C26H31BrF2N2O3. The van der Waals surface area contributed by atoms with E-state index in [1.54, 1.807) is 0 Å². The van der Waals surface area contributed by atoms with E-state index in [0.29, 0.717) is 72.7 Å². The lowest BCUT2D eigenvalue weighted by atomic mass is 9.57. The zero-order chi connectivity index (χ0) is 24.7. The van der Waals surface area contributed by atoms with Gasteiger partial charge in [-0.25, -0.2) is 8.78 Å². The number of nitrogens with one attached hydrogen (secondary N) is 1. The number of carboxylic acids is 1. The highest BCUT2D eigenvalue weighted by Crippen LogP contribution is 2.52. The van der Waals surface area contributed by atoms with Gasteiger partial charge < -0.3 is 10.4 Å². The van der Waals surface area contributed by atoms with Crippen LogP contribution in [-0.4, -0.2) is 39.8 Å². The third-order valence-corrected chi connectivity index (χ3v) is 8.37. The summed E-state index contributed by atoms with van der Waals surface area (Å²) >= 11 is 3.48. The second kappa shape index (κ2) is 9.51. The molecule has 34 heavy (non-hydrogen) atoms. The lowest BCUT2D eigenvalue weighted by Gasteiger charge is -2.51. The molecular weight excluding hydrogens is 506 g/mol. The van der Waals surface area contributed by atoms with Gasteiger partial charge in [0.2, 0.25) is 0 Å². The monoisotopic (exact) mass is 536 g/mol. The number of halogens is 3. The van der Waals surface area contributed by atoms with Crippen LogP contribution < -0.4 is 5.32 Å². The zero-order valence-electron chi connectivity index (χ0n) is 19.6. The van der Waals surface area contributed by atoms with Crippen LogP contribution in [0.2, 0.25) is 0 Å². The fourth-order valence-corrected chi connectivity index (χ4v) is 6.04. The molecule has 2 bridgehead atoms. The quantitative estimate of drug-likeness (QED) is 0.419. The van der Waals surface area contributed by atoms with Crippen LogP contribution in [0.25, 0.3) is 10.9 Å². The van der Waals surface area contributed by atoms with E-state index in [4.69, 9.17) is 4.98 Å². The molecule has 1 heterocycles. The molecule has 3 saturated carbocycles. The van der Waals surface area contributed by atoms with Crippen molar-refractivity contribution in [1.82, 2.24) is 10.3 Å². The van der Waals surface area contributed by atoms with Gasteiger partial charge in [-0.1, -0.05) is 15.9 Å². The molecule has 0 spiro atoms. The zero-order valence-corrected chi connectivity index (χ0v) is 21.2. The van der Waals surface area contributed by atoms with Crippen molar-refractivity contribution in [2.24, 2.45) is 5.41 Å². The molecule has 8 heteroatoms. The van der Waals surface area contributed by atoms with E-state index in [-0.39, 0.29) is 18.7 Å². The maximum atomic E-state index is 14.2. The molecule has 0 saturated heterocycles. The Bertz CT molecular complexity index is 1100. The molecule has 2 N–H and O–H groups in total. The number of carbonyl (C=O) groups excluding carboxylic acids is 1. The number of aliphatic carboxylic acids is 1. The number of benzene rings is 1. The minimum atomic E-state index is -1.27. The first-order valence-corrected chi connectivity index (χ1v) is 12.8. The predicted octanol–water partition coefficient (Wildman–Crippen LogP) is 6.23. The number of nitrogens with zero attached hydrogens (tertiary/aromatic N) is 1. The minimum absolute atomic E-state index is 0.145. The van der Waals surface area contributed by atoms with E-state index in [0.717, 1.165) is 4.47 Å². The van der Waals surface area contributed by atoms with Gasteiger partial charge in [-0.05, 0) is 89.0 Å². The van der Waals surface area contributed by atoms with Gasteiger partial charge in [-0.2, -0.15) is 0 Å². The molecule has 1 aromatic heterocycles. The maximum Gasteiger partial charge on any atom is 0.309 e. The van der Waals surface area contributed by atoms with Gasteiger partial charge >= 0.3 is 5.97 Å². The van der Waals surface area contributed by atoms with Crippen LogP contribution >= 0.6 is 15.9 Å². The average Bonchev–Trinajstić information content (AvgIpc) is 2.78. The third kappa shape index (κ3) is 4.83. The van der Waals surface area contributed by atoms with Crippen LogP contribution in [0.5, 0.6) is 0 Å². The molecule has 184 valence electrons. The summed E-state index contributed by atoms with van der Waals surface area (Å²) in [4.78, 5) is 30.2. The molecule has 1 amide bonds. The minimum Gasteiger partial charge on any atom is -0.481 e. The summed E-state index contributed by atoms with van der Waals surface area (Å²) in [6.07, 6.45) is 1.50. The molecule has 0 aliphatic heterocycles. The third-order valence-electron chi connectivity index (χ3n) is 7.87. The second-order valence-corrected chi connectivity index (χ2v) is 11.1. The Hall–Kier alpha value is -2.09. The van der Waals surface area contributed by atoms with Crippen molar-refractivity contribution in [3.05, 3.63) is 39.5 Å². The van der Waals surface area contributed by atoms with Gasteiger partial charge in [-0.3, -0.25) is 14.6 Å². The number of amides is 1. The molecule has 1 aromatic carbocycles. The average molecular weight is 537 g/mol. The number of hydrogen-bond acceptors (Lipinski definition) is 3. The largest absolute Gasteiger partial charge is 0.481 e. The highest BCUT2D eigenvalue weighted by molar-refractivity contribution is 9.10. The first-order chi connectivity index (χ1) is 16.0. The fourth-order valence-electron chi connectivity index (χ4n) is 5.68. The van der Waals surface area contributed by atoms with Crippen molar-refractivity contribution in [3.8, 4) is 0 Å². The molecule has 2 aromatic rings. The van der Waals surface area contributed by atoms with Crippen LogP contribution in [0.3, 0.4) is 0 Å². The van der Waals surface area contributed by atoms with Crippen molar-refractivity contribution < 1.29 is 23.5 Å². The number of pyridine rings is 1. The number of hydrogen-bond donors (Lipinski definition) is 2. The Morgan fingerprint density at radius 3 is 2.41 bits per heavy atom. The Kier molecular flexibility index (Phi) is 7.00. The molecule has 3 fully saturated rings. The Balaban J connectivity index is 1.63. The van der Waals surface area contributed by atoms with Gasteiger partial charge in [0.05, 0.1) is 16.5 Å². The Labute approximate surface area is 206 Å². The molecule has 3 aliphatic carbocycles. The number of carbonyl (C=O) groups is 2. The van der Waals surface area contributed by atoms with Gasteiger partial charge in [0.15, 0.2) is 0 Å². The summed E-state index contributed by atoms with van der Waals surface area (Å²) in [6, 6.07) is 5.55. The lowest BCUT2D eigenvalue weighted by Crippen LogP contribution is -2.58. The van der Waals surface area contributed by atoms with Gasteiger partial charge in [0.1, 0.15) is 12.3 Å². The number of carboxylic acid groups (broad SMARTS) is 1. The summed E-state index contributed by atoms with van der Waals surface area (Å²) in [5.74, 6) is -0.936. The normalized spacial score (nSPS) is 25.8. The highest BCUT2D eigenvalue weighted by atomic mass is 79.9. The molecule has 2 unspecified atom stereocenters. The van der Waals surface area contributed by atoms with Crippen LogP contribution in [0, 0.1) is 12.3 Å². The van der Waals surface area contributed by atoms with E-state index in [9.17, 15) is 23.5 Å². The standard InChI is InChI=1S/C26H31BrF2N2O3/c1-15(28)13-18(29)4-6-20-16(2)22(19-14-17(27)3-5-21(19)30-20)23(32)31-26-10-7-25(8-11-26,9-12-26)24(33)34/h3,5,14-15,18H,4,6-13H2,1-2H3,(H,31,32)(H,33,34). The summed E-state index contributed by atoms with van der Waals surface area (Å²) in [7, 11) is 0. The smallest absolute Gasteiger partial charge is 0.309 e. The topological polar surface area (TPSA) is 79.3 Å². The van der Waals surface area contributed by atoms with Crippen molar-refractivity contribution in [3.63, 3.8) is 0 Å². The Morgan fingerprint density at radius 1 is 1.18 bits per heavy atom. The van der Waals surface area contributed by atoms with Gasteiger partial charge in [-0.15, -0.1) is 0 Å². The number of aromatic nitrogens is 1.